The fourth-order valence-corrected chi connectivity index (χ4v) is 10.5. The van der Waals surface area contributed by atoms with Crippen molar-refractivity contribution in [2.75, 3.05) is 47.5 Å². The molecular weight excluding hydrogens is 1180 g/mol. The predicted octanol–water partition coefficient (Wildman–Crippen LogP) is 24.4. The molecule has 0 heterocycles. The third-order valence-corrected chi connectivity index (χ3v) is 16.4. The van der Waals surface area contributed by atoms with Gasteiger partial charge in [0.15, 0.2) is 6.10 Å². The van der Waals surface area contributed by atoms with Crippen LogP contribution in [-0.4, -0.2) is 70.0 Å². The lowest BCUT2D eigenvalue weighted by Crippen LogP contribution is -2.37. The zero-order valence-electron chi connectivity index (χ0n) is 60.6. The van der Waals surface area contributed by atoms with Crippen molar-refractivity contribution in [3.8, 4) is 0 Å². The topological polar surface area (TPSA) is 111 Å². The summed E-state index contributed by atoms with van der Waals surface area (Å²) in [6.45, 7) is 3.98. The molecule has 0 fully saturated rings. The third kappa shape index (κ3) is 76.1. The first kappa shape index (κ1) is 89.1. The van der Waals surface area contributed by atoms with Crippen LogP contribution in [0.25, 0.3) is 0 Å². The van der Waals surface area contributed by atoms with Crippen molar-refractivity contribution >= 4 is 19.8 Å². The molecule has 532 valence electrons. The summed E-state index contributed by atoms with van der Waals surface area (Å²) in [4.78, 5) is 38.1. The van der Waals surface area contributed by atoms with E-state index in [1.54, 1.807) is 0 Å². The van der Waals surface area contributed by atoms with E-state index in [0.717, 1.165) is 141 Å². The molecule has 0 aromatic rings. The number of rotatable bonds is 67. The lowest BCUT2D eigenvalue weighted by Gasteiger charge is -2.28. The Hall–Kier alpha value is -4.89. The van der Waals surface area contributed by atoms with Gasteiger partial charge in [0.25, 0.3) is 7.82 Å². The van der Waals surface area contributed by atoms with E-state index >= 15 is 0 Å². The number of carbonyl (C=O) groups excluding carboxylic acids is 2. The van der Waals surface area contributed by atoms with Crippen molar-refractivity contribution in [3.05, 3.63) is 182 Å². The van der Waals surface area contributed by atoms with Gasteiger partial charge in [-0.3, -0.25) is 14.2 Å². The van der Waals surface area contributed by atoms with Crippen LogP contribution in [0.4, 0.5) is 0 Å². The molecule has 2 unspecified atom stereocenters. The second-order valence-corrected chi connectivity index (χ2v) is 27.0. The number of hydrogen-bond donors (Lipinski definition) is 0. The number of phosphoric acid groups is 1. The minimum absolute atomic E-state index is 0.0442. The Morgan fingerprint density at radius 2 is 0.574 bits per heavy atom. The van der Waals surface area contributed by atoms with Crippen LogP contribution in [0, 0.1) is 0 Å². The maximum absolute atomic E-state index is 12.9. The summed E-state index contributed by atoms with van der Waals surface area (Å²) < 4.78 is 34.3. The molecule has 0 aromatic carbocycles. The molecule has 9 nitrogen and oxygen atoms in total. The second kappa shape index (κ2) is 72.4. The van der Waals surface area contributed by atoms with Crippen molar-refractivity contribution in [1.82, 2.24) is 0 Å². The minimum atomic E-state index is -4.66. The number of likely N-dealkylation sites (N-methyl/N-ethyl adjacent to an activating group) is 1. The Morgan fingerprint density at radius 3 is 0.851 bits per heavy atom. The Balaban J connectivity index is 4.06. The van der Waals surface area contributed by atoms with Gasteiger partial charge in [0, 0.05) is 12.8 Å². The molecule has 0 aliphatic heterocycles. The first-order chi connectivity index (χ1) is 46.0. The van der Waals surface area contributed by atoms with Gasteiger partial charge in [-0.1, -0.05) is 318 Å². The van der Waals surface area contributed by atoms with E-state index in [-0.39, 0.29) is 26.1 Å². The van der Waals surface area contributed by atoms with Crippen LogP contribution < -0.4 is 4.89 Å². The Kier molecular flexibility index (Phi) is 68.6. The van der Waals surface area contributed by atoms with E-state index in [4.69, 9.17) is 18.5 Å². The lowest BCUT2D eigenvalue weighted by atomic mass is 10.0. The molecule has 0 aromatic heterocycles. The minimum Gasteiger partial charge on any atom is -0.756 e. The number of esters is 2. The van der Waals surface area contributed by atoms with E-state index in [1.807, 2.05) is 21.1 Å². The van der Waals surface area contributed by atoms with Crippen LogP contribution in [0.1, 0.15) is 284 Å². The number of hydrogen-bond acceptors (Lipinski definition) is 8. The molecule has 2 atom stereocenters. The molecule has 0 saturated carbocycles. The van der Waals surface area contributed by atoms with E-state index < -0.39 is 32.5 Å². The SMILES string of the molecule is CC/C=C\C/C=C\C/C=C\C/C=C\C/C=C\C/C=C\C/C=C\C/C=C\CCCCCCC(=O)OC(COC(=O)CCCCCCCCCCCCCCCCCCCCC/C=C\C/C=C\C/C=C\C/C=C\C/C=C\C/C=C\C/C=C\CC)COP(=O)([O-])OCC[N+](C)(C)C. The molecule has 0 aliphatic carbocycles. The highest BCUT2D eigenvalue weighted by molar-refractivity contribution is 7.45. The van der Waals surface area contributed by atoms with Crippen LogP contribution in [0.3, 0.4) is 0 Å². The molecule has 0 rings (SSSR count). The monoisotopic (exact) mass is 1320 g/mol. The van der Waals surface area contributed by atoms with Crippen molar-refractivity contribution in [1.29, 1.82) is 0 Å². The summed E-state index contributed by atoms with van der Waals surface area (Å²) in [6.07, 6.45) is 111. The molecule has 0 amide bonds. The molecular formula is C84H138NO8P. The lowest BCUT2D eigenvalue weighted by molar-refractivity contribution is -0.870. The van der Waals surface area contributed by atoms with E-state index in [2.05, 4.69) is 196 Å². The number of phosphoric ester groups is 1. The number of nitrogens with zero attached hydrogens (tertiary/aromatic N) is 1. The van der Waals surface area contributed by atoms with Gasteiger partial charge in [-0.2, -0.15) is 0 Å². The van der Waals surface area contributed by atoms with Gasteiger partial charge in [-0.05, 0) is 135 Å². The number of quaternary nitrogens is 1. The first-order valence-electron chi connectivity index (χ1n) is 37.5. The average molecular weight is 1320 g/mol. The summed E-state index contributed by atoms with van der Waals surface area (Å²) in [5, 5.41) is 0. The van der Waals surface area contributed by atoms with Gasteiger partial charge in [0.05, 0.1) is 27.7 Å². The maximum atomic E-state index is 12.9. The number of ether oxygens (including phenoxy) is 2. The van der Waals surface area contributed by atoms with Crippen LogP contribution in [0.15, 0.2) is 182 Å². The van der Waals surface area contributed by atoms with Crippen LogP contribution in [0.2, 0.25) is 0 Å². The Labute approximate surface area is 578 Å². The van der Waals surface area contributed by atoms with E-state index in [0.29, 0.717) is 17.4 Å². The van der Waals surface area contributed by atoms with Crippen molar-refractivity contribution in [2.45, 2.75) is 290 Å². The molecule has 0 N–H and O–H groups in total. The second-order valence-electron chi connectivity index (χ2n) is 25.5. The first-order valence-corrected chi connectivity index (χ1v) is 39.0. The molecule has 0 radical (unpaired) electrons. The fraction of sp³-hybridized carbons (Fsp3) is 0.619. The number of allylic oxidation sites excluding steroid dienone is 30. The fourth-order valence-electron chi connectivity index (χ4n) is 9.77. The third-order valence-electron chi connectivity index (χ3n) is 15.4. The standard InChI is InChI=1S/C84H138NO8P/c1-6-8-10-12-14-16-18-20-22-24-26-28-30-32-34-36-37-38-39-40-41-42-43-44-45-46-47-49-50-52-54-56-58-60-62-64-66-68-70-72-74-76-83(86)90-80-82(81-92-94(88,89)91-79-78-85(3,4)5)93-84(87)77-75-73-71-69-67-65-63-61-59-57-55-53-51-48-35-33-31-29-27-25-23-21-19-17-15-13-11-9-7-2/h8-11,14-17,20-23,26-29,32-35,37-38,40-41,51,53,57,59,63,65,82H,6-7,12-13,18-19,24-25,30-31,36,39,42-50,52,54-56,58,60-62,64,66-81H2,1-5H3/b10-8-,11-9-,16-14-,17-15-,22-20-,23-21-,28-26-,29-27-,34-32-,35-33-,38-37-,41-40-,53-51-,59-57-,65-63-. The van der Waals surface area contributed by atoms with Gasteiger partial charge in [0.2, 0.25) is 0 Å². The maximum Gasteiger partial charge on any atom is 0.306 e. The summed E-state index contributed by atoms with van der Waals surface area (Å²) in [5.74, 6) is -0.867. The molecule has 10 heteroatoms. The van der Waals surface area contributed by atoms with Gasteiger partial charge >= 0.3 is 11.9 Å². The molecule has 0 bridgehead atoms. The zero-order chi connectivity index (χ0) is 68.3. The van der Waals surface area contributed by atoms with Crippen molar-refractivity contribution in [3.63, 3.8) is 0 Å². The molecule has 94 heavy (non-hydrogen) atoms. The van der Waals surface area contributed by atoms with Crippen molar-refractivity contribution in [2.24, 2.45) is 0 Å². The van der Waals surface area contributed by atoms with E-state index in [9.17, 15) is 19.0 Å². The summed E-state index contributed by atoms with van der Waals surface area (Å²) in [6, 6.07) is 0. The Bertz CT molecular complexity index is 2240. The summed E-state index contributed by atoms with van der Waals surface area (Å²) >= 11 is 0. The van der Waals surface area contributed by atoms with E-state index in [1.165, 1.54) is 109 Å². The van der Waals surface area contributed by atoms with Gasteiger partial charge in [-0.25, -0.2) is 0 Å². The van der Waals surface area contributed by atoms with Gasteiger partial charge in [0.1, 0.15) is 19.8 Å². The highest BCUT2D eigenvalue weighted by atomic mass is 31.2. The highest BCUT2D eigenvalue weighted by Crippen LogP contribution is 2.38. The largest absolute Gasteiger partial charge is 0.756 e. The van der Waals surface area contributed by atoms with Crippen LogP contribution in [-0.2, 0) is 32.7 Å². The zero-order valence-corrected chi connectivity index (χ0v) is 61.5. The van der Waals surface area contributed by atoms with Crippen LogP contribution in [0.5, 0.6) is 0 Å². The van der Waals surface area contributed by atoms with Gasteiger partial charge < -0.3 is 27.9 Å². The van der Waals surface area contributed by atoms with Crippen molar-refractivity contribution < 1.29 is 42.1 Å². The number of unbranched alkanes of at least 4 members (excludes halogenated alkanes) is 23. The van der Waals surface area contributed by atoms with Gasteiger partial charge in [-0.15, -0.1) is 0 Å². The highest BCUT2D eigenvalue weighted by Gasteiger charge is 2.22. The summed E-state index contributed by atoms with van der Waals surface area (Å²) in [7, 11) is 1.13. The Morgan fingerprint density at radius 1 is 0.330 bits per heavy atom. The number of carbonyl (C=O) groups is 2. The average Bonchev–Trinajstić information content (AvgIpc) is 1.65. The summed E-state index contributed by atoms with van der Waals surface area (Å²) in [5.41, 5.74) is 0. The van der Waals surface area contributed by atoms with Crippen LogP contribution >= 0.6 is 7.82 Å². The molecule has 0 aliphatic rings. The predicted molar refractivity (Wildman–Crippen MR) is 406 cm³/mol. The normalized spacial score (nSPS) is 14.1. The molecule has 0 spiro atoms. The smallest absolute Gasteiger partial charge is 0.306 e. The quantitative estimate of drug-likeness (QED) is 0.0195. The molecule has 0 saturated heterocycles.